The number of hydrogen-bond acceptors (Lipinski definition) is 6. The van der Waals surface area contributed by atoms with Crippen molar-refractivity contribution in [2.45, 2.75) is 46.7 Å². The molecule has 0 saturated carbocycles. The standard InChI is InChI=1S/C20H19N3O5.CH4/c1-10-8-12(28-11(10)2)9-21-14-5-3-4-13-17(14)20(27)23(19(13)26)15-6-7-16(24)22-18(15)25;/h3-5,8,15,21H,6-7,9H2,1-2H3,(H,22,24,25);1H4. The minimum absolute atomic E-state index is 0. The van der Waals surface area contributed by atoms with Crippen molar-refractivity contribution in [1.29, 1.82) is 0 Å². The van der Waals surface area contributed by atoms with Crippen molar-refractivity contribution < 1.29 is 23.6 Å². The molecule has 2 N–H and O–H groups in total. The van der Waals surface area contributed by atoms with Crippen LogP contribution in [0.25, 0.3) is 0 Å². The molecule has 2 aliphatic rings. The minimum Gasteiger partial charge on any atom is -0.464 e. The van der Waals surface area contributed by atoms with Crippen LogP contribution in [-0.2, 0) is 16.1 Å². The number of aryl methyl sites for hydroxylation is 2. The highest BCUT2D eigenvalue weighted by atomic mass is 16.3. The van der Waals surface area contributed by atoms with Gasteiger partial charge in [0, 0.05) is 12.1 Å². The monoisotopic (exact) mass is 397 g/mol. The van der Waals surface area contributed by atoms with Crippen molar-refractivity contribution in [3.05, 3.63) is 52.5 Å². The van der Waals surface area contributed by atoms with Gasteiger partial charge in [0.25, 0.3) is 11.8 Å². The fraction of sp³-hybridized carbons (Fsp3) is 0.333. The lowest BCUT2D eigenvalue weighted by atomic mass is 10.0. The number of hydrogen-bond donors (Lipinski definition) is 2. The summed E-state index contributed by atoms with van der Waals surface area (Å²) in [6.07, 6.45) is 0.218. The molecule has 29 heavy (non-hydrogen) atoms. The largest absolute Gasteiger partial charge is 0.464 e. The third-order valence-corrected chi connectivity index (χ3v) is 5.14. The van der Waals surface area contributed by atoms with Gasteiger partial charge >= 0.3 is 0 Å². The average Bonchev–Trinajstić information content (AvgIpc) is 3.11. The number of furan rings is 1. The predicted octanol–water partition coefficient (Wildman–Crippen LogP) is 2.55. The fourth-order valence-electron chi connectivity index (χ4n) is 3.58. The van der Waals surface area contributed by atoms with Crippen LogP contribution in [-0.4, -0.2) is 34.6 Å². The topological polar surface area (TPSA) is 109 Å². The maximum atomic E-state index is 13.0. The van der Waals surface area contributed by atoms with Gasteiger partial charge in [-0.25, -0.2) is 0 Å². The summed E-state index contributed by atoms with van der Waals surface area (Å²) in [6.45, 7) is 4.17. The van der Waals surface area contributed by atoms with Crippen LogP contribution in [0.15, 0.2) is 28.7 Å². The van der Waals surface area contributed by atoms with Crippen LogP contribution in [0.3, 0.4) is 0 Å². The first-order valence-corrected chi connectivity index (χ1v) is 9.01. The lowest BCUT2D eigenvalue weighted by molar-refractivity contribution is -0.136. The highest BCUT2D eigenvalue weighted by molar-refractivity contribution is 6.25. The van der Waals surface area contributed by atoms with Crippen molar-refractivity contribution in [2.75, 3.05) is 5.32 Å². The summed E-state index contributed by atoms with van der Waals surface area (Å²) in [5.74, 6) is -0.546. The van der Waals surface area contributed by atoms with Crippen molar-refractivity contribution in [2.24, 2.45) is 0 Å². The molecule has 0 radical (unpaired) electrons. The molecule has 1 saturated heterocycles. The molecule has 4 amide bonds. The molecule has 2 aromatic rings. The molecule has 3 heterocycles. The number of amides is 4. The van der Waals surface area contributed by atoms with Gasteiger partial charge in [-0.15, -0.1) is 0 Å². The number of fused-ring (bicyclic) bond motifs is 1. The lowest BCUT2D eigenvalue weighted by Gasteiger charge is -2.27. The second kappa shape index (κ2) is 7.54. The molecule has 1 aromatic heterocycles. The van der Waals surface area contributed by atoms with E-state index in [2.05, 4.69) is 10.6 Å². The number of carbonyl (C=O) groups is 4. The lowest BCUT2D eigenvalue weighted by Crippen LogP contribution is -2.54. The first-order chi connectivity index (χ1) is 13.4. The van der Waals surface area contributed by atoms with Crippen LogP contribution in [0.4, 0.5) is 5.69 Å². The molecule has 8 heteroatoms. The number of imide groups is 2. The molecule has 1 atom stereocenters. The van der Waals surface area contributed by atoms with Crippen molar-refractivity contribution in [3.8, 4) is 0 Å². The maximum Gasteiger partial charge on any atom is 0.264 e. The Labute approximate surface area is 168 Å². The maximum absolute atomic E-state index is 13.0. The van der Waals surface area contributed by atoms with Gasteiger partial charge in [-0.1, -0.05) is 13.5 Å². The van der Waals surface area contributed by atoms with E-state index < -0.39 is 29.7 Å². The summed E-state index contributed by atoms with van der Waals surface area (Å²) in [5, 5.41) is 5.34. The minimum atomic E-state index is -0.978. The quantitative estimate of drug-likeness (QED) is 0.768. The number of benzene rings is 1. The molecule has 1 aromatic carbocycles. The van der Waals surface area contributed by atoms with E-state index in [9.17, 15) is 19.2 Å². The molecule has 4 rings (SSSR count). The second-order valence-electron chi connectivity index (χ2n) is 6.98. The Morgan fingerprint density at radius 1 is 1.17 bits per heavy atom. The van der Waals surface area contributed by atoms with Gasteiger partial charge in [0.2, 0.25) is 11.8 Å². The smallest absolute Gasteiger partial charge is 0.264 e. The SMILES string of the molecule is C.Cc1cc(CNc2cccc3c2C(=O)N(C2CCC(=O)NC2=O)C3=O)oc1C. The van der Waals surface area contributed by atoms with E-state index in [0.717, 1.165) is 16.2 Å². The zero-order valence-corrected chi connectivity index (χ0v) is 15.5. The first kappa shape index (κ1) is 20.3. The molecule has 0 spiro atoms. The number of anilines is 1. The van der Waals surface area contributed by atoms with E-state index in [4.69, 9.17) is 4.42 Å². The summed E-state index contributed by atoms with van der Waals surface area (Å²) in [6, 6.07) is 5.88. The Morgan fingerprint density at radius 2 is 1.93 bits per heavy atom. The molecule has 1 unspecified atom stereocenters. The Hall–Kier alpha value is -3.42. The molecule has 0 aliphatic carbocycles. The van der Waals surface area contributed by atoms with Crippen LogP contribution in [0.2, 0.25) is 0 Å². The van der Waals surface area contributed by atoms with Crippen molar-refractivity contribution in [3.63, 3.8) is 0 Å². The highest BCUT2D eigenvalue weighted by Gasteiger charge is 2.45. The third-order valence-electron chi connectivity index (χ3n) is 5.14. The zero-order valence-electron chi connectivity index (χ0n) is 15.5. The van der Waals surface area contributed by atoms with Crippen LogP contribution >= 0.6 is 0 Å². The average molecular weight is 397 g/mol. The van der Waals surface area contributed by atoms with Gasteiger partial charge in [-0.3, -0.25) is 29.4 Å². The summed E-state index contributed by atoms with van der Waals surface area (Å²) in [5.41, 5.74) is 2.01. The van der Waals surface area contributed by atoms with Crippen LogP contribution in [0, 0.1) is 13.8 Å². The van der Waals surface area contributed by atoms with Gasteiger partial charge in [0.15, 0.2) is 0 Å². The molecule has 152 valence electrons. The number of nitrogens with one attached hydrogen (secondary N) is 2. The van der Waals surface area contributed by atoms with Gasteiger partial charge in [0.1, 0.15) is 17.6 Å². The first-order valence-electron chi connectivity index (χ1n) is 9.01. The Kier molecular flexibility index (Phi) is 5.28. The van der Waals surface area contributed by atoms with Gasteiger partial charge in [-0.05, 0) is 44.0 Å². The van der Waals surface area contributed by atoms with Gasteiger partial charge in [-0.2, -0.15) is 0 Å². The molecule has 8 nitrogen and oxygen atoms in total. The summed E-state index contributed by atoms with van der Waals surface area (Å²) in [7, 11) is 0. The van der Waals surface area contributed by atoms with E-state index in [0.29, 0.717) is 18.0 Å². The fourth-order valence-corrected chi connectivity index (χ4v) is 3.58. The molecular weight excluding hydrogens is 374 g/mol. The van der Waals surface area contributed by atoms with Crippen LogP contribution < -0.4 is 10.6 Å². The summed E-state index contributed by atoms with van der Waals surface area (Å²) < 4.78 is 5.63. The molecule has 1 fully saturated rings. The van der Waals surface area contributed by atoms with E-state index in [1.165, 1.54) is 0 Å². The van der Waals surface area contributed by atoms with E-state index in [1.54, 1.807) is 18.2 Å². The zero-order chi connectivity index (χ0) is 20.0. The van der Waals surface area contributed by atoms with E-state index >= 15 is 0 Å². The Morgan fingerprint density at radius 3 is 2.59 bits per heavy atom. The van der Waals surface area contributed by atoms with E-state index in [-0.39, 0.29) is 31.4 Å². The summed E-state index contributed by atoms with van der Waals surface area (Å²) >= 11 is 0. The highest BCUT2D eigenvalue weighted by Crippen LogP contribution is 2.32. The van der Waals surface area contributed by atoms with Crippen LogP contribution in [0.5, 0.6) is 0 Å². The Balaban J connectivity index is 0.00000240. The normalized spacial score (nSPS) is 18.4. The van der Waals surface area contributed by atoms with E-state index in [1.807, 2.05) is 19.9 Å². The molecular formula is C21H23N3O5. The second-order valence-corrected chi connectivity index (χ2v) is 6.98. The number of nitrogens with zero attached hydrogens (tertiary/aromatic N) is 1. The predicted molar refractivity (Wildman–Crippen MR) is 105 cm³/mol. The number of rotatable bonds is 4. The van der Waals surface area contributed by atoms with Gasteiger partial charge < -0.3 is 9.73 Å². The van der Waals surface area contributed by atoms with Crippen molar-refractivity contribution >= 4 is 29.3 Å². The molecule has 0 bridgehead atoms. The Bertz CT molecular complexity index is 1000. The third kappa shape index (κ3) is 3.41. The number of carbonyl (C=O) groups excluding carboxylic acids is 4. The number of piperidine rings is 1. The summed E-state index contributed by atoms with van der Waals surface area (Å²) in [4.78, 5) is 50.3. The van der Waals surface area contributed by atoms with Gasteiger partial charge in [0.05, 0.1) is 17.7 Å². The molecule has 2 aliphatic heterocycles. The van der Waals surface area contributed by atoms with Crippen molar-refractivity contribution in [1.82, 2.24) is 10.2 Å². The van der Waals surface area contributed by atoms with Crippen LogP contribution in [0.1, 0.15) is 58.1 Å².